The highest BCUT2D eigenvalue weighted by molar-refractivity contribution is 6.66. The predicted molar refractivity (Wildman–Crippen MR) is 113 cm³/mol. The van der Waals surface area contributed by atoms with Crippen LogP contribution in [-0.4, -0.2) is 5.24 Å². The lowest BCUT2D eigenvalue weighted by Crippen LogP contribution is -1.84. The number of halogens is 1. The molecular formula is C23H43ClO. The van der Waals surface area contributed by atoms with Gasteiger partial charge in [0.2, 0.25) is 5.24 Å². The number of carbonyl (C=O) groups is 1. The fourth-order valence-electron chi connectivity index (χ4n) is 3.34. The Bertz CT molecular complexity index is 298. The molecule has 2 heteroatoms. The smallest absolute Gasteiger partial charge is 0.244 e. The third-order valence-corrected chi connectivity index (χ3v) is 5.10. The molecule has 0 heterocycles. The summed E-state index contributed by atoms with van der Waals surface area (Å²) in [5, 5.41) is -0.359. The van der Waals surface area contributed by atoms with Crippen LogP contribution in [0.1, 0.15) is 129 Å². The van der Waals surface area contributed by atoms with Gasteiger partial charge in [0.05, 0.1) is 0 Å². The molecule has 0 saturated heterocycles. The fraction of sp³-hybridized carbons (Fsp3) is 0.870. The molecule has 0 saturated carbocycles. The van der Waals surface area contributed by atoms with Gasteiger partial charge in [0, 0.05) is 0 Å². The lowest BCUT2D eigenvalue weighted by molar-refractivity contribution is -0.107. The lowest BCUT2D eigenvalue weighted by atomic mass is 10.0. The summed E-state index contributed by atoms with van der Waals surface area (Å²) in [5.74, 6) is 0. The quantitative estimate of drug-likeness (QED) is 0.119. The molecule has 0 aromatic heterocycles. The van der Waals surface area contributed by atoms with E-state index in [-0.39, 0.29) is 5.24 Å². The zero-order chi connectivity index (χ0) is 18.4. The number of rotatable bonds is 20. The van der Waals surface area contributed by atoms with E-state index in [4.69, 9.17) is 11.6 Å². The Morgan fingerprint density at radius 1 is 0.600 bits per heavy atom. The summed E-state index contributed by atoms with van der Waals surface area (Å²) >= 11 is 5.24. The molecule has 0 atom stereocenters. The highest BCUT2D eigenvalue weighted by Crippen LogP contribution is 2.14. The van der Waals surface area contributed by atoms with Crippen molar-refractivity contribution in [3.63, 3.8) is 0 Å². The highest BCUT2D eigenvalue weighted by Gasteiger charge is 1.95. The van der Waals surface area contributed by atoms with Crippen molar-refractivity contribution in [2.24, 2.45) is 0 Å². The minimum Gasteiger partial charge on any atom is -0.276 e. The molecule has 0 amide bonds. The number of hydrogen-bond donors (Lipinski definition) is 0. The molecule has 0 aliphatic rings. The molecule has 0 aromatic carbocycles. The molecule has 0 rings (SSSR count). The van der Waals surface area contributed by atoms with E-state index in [0.29, 0.717) is 0 Å². The van der Waals surface area contributed by atoms with E-state index in [9.17, 15) is 4.79 Å². The maximum Gasteiger partial charge on any atom is 0.244 e. The van der Waals surface area contributed by atoms with E-state index in [1.165, 1.54) is 122 Å². The van der Waals surface area contributed by atoms with Crippen molar-refractivity contribution in [3.8, 4) is 0 Å². The van der Waals surface area contributed by atoms with Crippen LogP contribution in [0.5, 0.6) is 0 Å². The van der Waals surface area contributed by atoms with Gasteiger partial charge in [-0.05, 0) is 30.5 Å². The maximum atomic E-state index is 10.5. The Hall–Kier alpha value is -0.300. The maximum absolute atomic E-state index is 10.5. The molecule has 0 radical (unpaired) electrons. The van der Waals surface area contributed by atoms with Gasteiger partial charge in [-0.3, -0.25) is 4.79 Å². The SMILES string of the molecule is CCCCCCCCCCCCCCCCCCCC/C=C/C(=O)Cl. The second kappa shape index (κ2) is 21.7. The Kier molecular flexibility index (Phi) is 21.5. The van der Waals surface area contributed by atoms with Gasteiger partial charge < -0.3 is 0 Å². The molecule has 0 aliphatic heterocycles. The van der Waals surface area contributed by atoms with Crippen molar-refractivity contribution in [3.05, 3.63) is 12.2 Å². The second-order valence-corrected chi connectivity index (χ2v) is 7.88. The number of hydrogen-bond acceptors (Lipinski definition) is 1. The van der Waals surface area contributed by atoms with Crippen LogP contribution < -0.4 is 0 Å². The molecule has 0 aromatic rings. The van der Waals surface area contributed by atoms with Crippen LogP contribution in [0.25, 0.3) is 0 Å². The monoisotopic (exact) mass is 370 g/mol. The second-order valence-electron chi connectivity index (χ2n) is 7.51. The van der Waals surface area contributed by atoms with Gasteiger partial charge in [0.25, 0.3) is 0 Å². The molecule has 0 fully saturated rings. The predicted octanol–water partition coefficient (Wildman–Crippen LogP) is 8.74. The summed E-state index contributed by atoms with van der Waals surface area (Å²) in [7, 11) is 0. The minimum atomic E-state index is -0.359. The molecule has 0 unspecified atom stereocenters. The molecule has 1 nitrogen and oxygen atoms in total. The van der Waals surface area contributed by atoms with Crippen LogP contribution in [0.2, 0.25) is 0 Å². The van der Waals surface area contributed by atoms with E-state index in [1.807, 2.05) is 6.08 Å². The third-order valence-electron chi connectivity index (χ3n) is 4.97. The minimum absolute atomic E-state index is 0.359. The molecule has 25 heavy (non-hydrogen) atoms. The average molecular weight is 371 g/mol. The van der Waals surface area contributed by atoms with Gasteiger partial charge in [0.1, 0.15) is 0 Å². The lowest BCUT2D eigenvalue weighted by Gasteiger charge is -2.03. The Morgan fingerprint density at radius 3 is 1.24 bits per heavy atom. The van der Waals surface area contributed by atoms with Crippen molar-refractivity contribution in [2.75, 3.05) is 0 Å². The normalized spacial score (nSPS) is 11.4. The average Bonchev–Trinajstić information content (AvgIpc) is 2.60. The summed E-state index contributed by atoms with van der Waals surface area (Å²) in [6.45, 7) is 2.29. The van der Waals surface area contributed by atoms with Gasteiger partial charge in [-0.25, -0.2) is 0 Å². The van der Waals surface area contributed by atoms with Crippen molar-refractivity contribution in [2.45, 2.75) is 129 Å². The molecule has 0 spiro atoms. The first-order valence-electron chi connectivity index (χ1n) is 11.1. The summed E-state index contributed by atoms with van der Waals surface area (Å²) in [4.78, 5) is 10.5. The summed E-state index contributed by atoms with van der Waals surface area (Å²) in [5.41, 5.74) is 0. The van der Waals surface area contributed by atoms with E-state index in [0.717, 1.165) is 6.42 Å². The van der Waals surface area contributed by atoms with Crippen LogP contribution in [0.3, 0.4) is 0 Å². The Balaban J connectivity index is 3.01. The summed E-state index contributed by atoms with van der Waals surface area (Å²) < 4.78 is 0. The van der Waals surface area contributed by atoms with E-state index in [2.05, 4.69) is 6.92 Å². The molecule has 0 bridgehead atoms. The Morgan fingerprint density at radius 2 is 0.920 bits per heavy atom. The van der Waals surface area contributed by atoms with E-state index in [1.54, 1.807) is 0 Å². The zero-order valence-electron chi connectivity index (χ0n) is 16.9. The van der Waals surface area contributed by atoms with E-state index < -0.39 is 0 Å². The van der Waals surface area contributed by atoms with E-state index >= 15 is 0 Å². The summed E-state index contributed by atoms with van der Waals surface area (Å²) in [6.07, 6.45) is 29.6. The van der Waals surface area contributed by atoms with Gasteiger partial charge in [0.15, 0.2) is 0 Å². The molecule has 148 valence electrons. The third kappa shape index (κ3) is 23.7. The molecule has 0 N–H and O–H groups in total. The number of unbranched alkanes of at least 4 members (excludes halogenated alkanes) is 18. The van der Waals surface area contributed by atoms with Crippen LogP contribution in [0, 0.1) is 0 Å². The topological polar surface area (TPSA) is 17.1 Å². The molecular weight excluding hydrogens is 328 g/mol. The standard InChI is InChI=1S/C23H43ClO/c1-2-3-4-5-6-7-8-9-10-11-12-13-14-15-16-17-18-19-20-21-22-23(24)25/h21-22H,2-20H2,1H3/b22-21+. The van der Waals surface area contributed by atoms with Crippen LogP contribution >= 0.6 is 11.6 Å². The first-order valence-corrected chi connectivity index (χ1v) is 11.5. The van der Waals surface area contributed by atoms with Gasteiger partial charge in [-0.2, -0.15) is 0 Å². The van der Waals surface area contributed by atoms with Gasteiger partial charge >= 0.3 is 0 Å². The number of carbonyl (C=O) groups excluding carboxylic acids is 1. The largest absolute Gasteiger partial charge is 0.276 e. The first-order chi connectivity index (χ1) is 12.3. The fourth-order valence-corrected chi connectivity index (χ4v) is 3.43. The zero-order valence-corrected chi connectivity index (χ0v) is 17.6. The summed E-state index contributed by atoms with van der Waals surface area (Å²) in [6, 6.07) is 0. The van der Waals surface area contributed by atoms with Gasteiger partial charge in [-0.15, -0.1) is 0 Å². The van der Waals surface area contributed by atoms with Crippen LogP contribution in [0.15, 0.2) is 12.2 Å². The number of allylic oxidation sites excluding steroid dienone is 2. The Labute approximate surface area is 163 Å². The first kappa shape index (κ1) is 24.7. The van der Waals surface area contributed by atoms with Crippen molar-refractivity contribution >= 4 is 16.8 Å². The van der Waals surface area contributed by atoms with Crippen molar-refractivity contribution < 1.29 is 4.79 Å². The van der Waals surface area contributed by atoms with Crippen molar-refractivity contribution in [1.29, 1.82) is 0 Å². The van der Waals surface area contributed by atoms with Crippen LogP contribution in [-0.2, 0) is 4.79 Å². The highest BCUT2D eigenvalue weighted by atomic mass is 35.5. The van der Waals surface area contributed by atoms with Crippen LogP contribution in [0.4, 0.5) is 0 Å². The van der Waals surface area contributed by atoms with Gasteiger partial charge in [-0.1, -0.05) is 122 Å². The molecule has 0 aliphatic carbocycles. The van der Waals surface area contributed by atoms with Crippen molar-refractivity contribution in [1.82, 2.24) is 0 Å².